The van der Waals surface area contributed by atoms with Crippen molar-refractivity contribution in [1.82, 2.24) is 9.80 Å². The summed E-state index contributed by atoms with van der Waals surface area (Å²) >= 11 is 1.64. The largest absolute Gasteiger partial charge is 0.497 e. The van der Waals surface area contributed by atoms with Crippen LogP contribution in [0.4, 0.5) is 5.00 Å². The van der Waals surface area contributed by atoms with Crippen molar-refractivity contribution in [3.05, 3.63) is 70.5 Å². The first-order valence-electron chi connectivity index (χ1n) is 10.6. The molecule has 1 aliphatic rings. The van der Waals surface area contributed by atoms with E-state index in [0.717, 1.165) is 54.5 Å². The zero-order chi connectivity index (χ0) is 21.8. The van der Waals surface area contributed by atoms with Crippen molar-refractivity contribution in [3.8, 4) is 5.75 Å². The Labute approximate surface area is 187 Å². The number of carbonyl (C=O) groups excluding carboxylic acids is 1. The molecule has 1 aliphatic heterocycles. The molecule has 1 aromatic carbocycles. The Morgan fingerprint density at radius 1 is 1.19 bits per heavy atom. The molecule has 1 fully saturated rings. The van der Waals surface area contributed by atoms with Crippen molar-refractivity contribution in [1.29, 1.82) is 0 Å². The van der Waals surface area contributed by atoms with Crippen molar-refractivity contribution in [2.75, 3.05) is 45.7 Å². The third kappa shape index (κ3) is 4.84. The molecular formula is C24H29N3O3S. The molecule has 0 spiro atoms. The Morgan fingerprint density at radius 2 is 2.00 bits per heavy atom. The third-order valence-electron chi connectivity index (χ3n) is 5.74. The standard InChI is InChI=1S/C24H29N3O3S/c1-4-19-16-20(24(31-19)25-23(28)21-9-6-14-30-21)22(27-12-10-26(2)11-13-27)17-7-5-8-18(15-17)29-3/h5-9,14-16,22H,4,10-13H2,1-3H3,(H,25,28). The predicted molar refractivity (Wildman–Crippen MR) is 124 cm³/mol. The number of amides is 1. The van der Waals surface area contributed by atoms with E-state index in [4.69, 9.17) is 9.15 Å². The number of hydrogen-bond donors (Lipinski definition) is 1. The van der Waals surface area contributed by atoms with Crippen LogP contribution >= 0.6 is 11.3 Å². The van der Waals surface area contributed by atoms with Gasteiger partial charge in [-0.25, -0.2) is 0 Å². The van der Waals surface area contributed by atoms with Crippen LogP contribution in [0.15, 0.2) is 53.1 Å². The molecule has 0 bridgehead atoms. The van der Waals surface area contributed by atoms with Gasteiger partial charge in [-0.2, -0.15) is 0 Å². The van der Waals surface area contributed by atoms with Crippen LogP contribution in [-0.2, 0) is 6.42 Å². The van der Waals surface area contributed by atoms with E-state index in [1.807, 2.05) is 12.1 Å². The van der Waals surface area contributed by atoms with Gasteiger partial charge >= 0.3 is 0 Å². The fraction of sp³-hybridized carbons (Fsp3) is 0.375. The van der Waals surface area contributed by atoms with Gasteiger partial charge in [-0.1, -0.05) is 19.1 Å². The highest BCUT2D eigenvalue weighted by atomic mass is 32.1. The van der Waals surface area contributed by atoms with E-state index in [-0.39, 0.29) is 11.9 Å². The number of aryl methyl sites for hydroxylation is 1. The first-order valence-corrected chi connectivity index (χ1v) is 11.4. The molecule has 3 aromatic rings. The normalized spacial score (nSPS) is 16.2. The zero-order valence-corrected chi connectivity index (χ0v) is 19.1. The highest BCUT2D eigenvalue weighted by Gasteiger charge is 2.30. The fourth-order valence-corrected chi connectivity index (χ4v) is 5.01. The lowest BCUT2D eigenvalue weighted by Crippen LogP contribution is -2.46. The van der Waals surface area contributed by atoms with Crippen LogP contribution in [0.3, 0.4) is 0 Å². The summed E-state index contributed by atoms with van der Waals surface area (Å²) in [6.07, 6.45) is 2.44. The van der Waals surface area contributed by atoms with Crippen molar-refractivity contribution in [2.45, 2.75) is 19.4 Å². The molecule has 2 aromatic heterocycles. The number of nitrogens with one attached hydrogen (secondary N) is 1. The van der Waals surface area contributed by atoms with E-state index < -0.39 is 0 Å². The topological polar surface area (TPSA) is 58.0 Å². The Balaban J connectivity index is 1.74. The van der Waals surface area contributed by atoms with Crippen molar-refractivity contribution < 1.29 is 13.9 Å². The number of nitrogens with zero attached hydrogens (tertiary/aromatic N) is 2. The summed E-state index contributed by atoms with van der Waals surface area (Å²) in [6.45, 7) is 6.09. The van der Waals surface area contributed by atoms with Gasteiger partial charge in [0, 0.05) is 36.6 Å². The first kappa shape index (κ1) is 21.6. The van der Waals surface area contributed by atoms with E-state index >= 15 is 0 Å². The number of methoxy groups -OCH3 is 1. The van der Waals surface area contributed by atoms with Gasteiger partial charge in [0.2, 0.25) is 0 Å². The molecule has 4 rings (SSSR count). The van der Waals surface area contributed by atoms with Crippen LogP contribution in [0.25, 0.3) is 0 Å². The van der Waals surface area contributed by atoms with Crippen LogP contribution < -0.4 is 10.1 Å². The maximum absolute atomic E-state index is 12.8. The Kier molecular flexibility index (Phi) is 6.75. The second kappa shape index (κ2) is 9.68. The minimum absolute atomic E-state index is 0.0345. The van der Waals surface area contributed by atoms with Crippen LogP contribution in [0, 0.1) is 0 Å². The molecule has 7 heteroatoms. The quantitative estimate of drug-likeness (QED) is 0.587. The second-order valence-corrected chi connectivity index (χ2v) is 8.94. The minimum Gasteiger partial charge on any atom is -0.497 e. The number of furan rings is 1. The van der Waals surface area contributed by atoms with Gasteiger partial charge in [0.25, 0.3) is 5.91 Å². The highest BCUT2D eigenvalue weighted by Crippen LogP contribution is 2.40. The first-order chi connectivity index (χ1) is 15.1. The molecule has 164 valence electrons. The van der Waals surface area contributed by atoms with E-state index in [2.05, 4.69) is 47.3 Å². The van der Waals surface area contributed by atoms with Crippen LogP contribution in [-0.4, -0.2) is 56.0 Å². The van der Waals surface area contributed by atoms with Crippen molar-refractivity contribution in [3.63, 3.8) is 0 Å². The monoisotopic (exact) mass is 439 g/mol. The fourth-order valence-electron chi connectivity index (χ4n) is 3.98. The van der Waals surface area contributed by atoms with Crippen molar-refractivity contribution >= 4 is 22.2 Å². The molecule has 1 atom stereocenters. The molecule has 0 radical (unpaired) electrons. The third-order valence-corrected chi connectivity index (χ3v) is 6.95. The summed E-state index contributed by atoms with van der Waals surface area (Å²) in [7, 11) is 3.85. The summed E-state index contributed by atoms with van der Waals surface area (Å²) in [5.74, 6) is 0.928. The zero-order valence-electron chi connectivity index (χ0n) is 18.3. The van der Waals surface area contributed by atoms with E-state index in [0.29, 0.717) is 5.76 Å². The minimum atomic E-state index is -0.224. The van der Waals surface area contributed by atoms with E-state index in [1.54, 1.807) is 30.6 Å². The van der Waals surface area contributed by atoms with Gasteiger partial charge in [-0.3, -0.25) is 9.69 Å². The molecule has 1 saturated heterocycles. The molecule has 1 N–H and O–H groups in total. The Hall–Kier alpha value is -2.61. The van der Waals surface area contributed by atoms with Crippen LogP contribution in [0.2, 0.25) is 0 Å². The average Bonchev–Trinajstić information content (AvgIpc) is 3.46. The number of anilines is 1. The maximum atomic E-state index is 12.8. The Bertz CT molecular complexity index is 1010. The summed E-state index contributed by atoms with van der Waals surface area (Å²) < 4.78 is 10.8. The summed E-state index contributed by atoms with van der Waals surface area (Å²) in [6, 6.07) is 13.9. The van der Waals surface area contributed by atoms with E-state index in [1.165, 1.54) is 11.1 Å². The number of rotatable bonds is 7. The SMILES string of the molecule is CCc1cc(C(c2cccc(OC)c2)N2CCN(C)CC2)c(NC(=O)c2ccco2)s1. The summed E-state index contributed by atoms with van der Waals surface area (Å²) in [5.41, 5.74) is 2.29. The smallest absolute Gasteiger partial charge is 0.291 e. The summed E-state index contributed by atoms with van der Waals surface area (Å²) in [5, 5.41) is 3.99. The maximum Gasteiger partial charge on any atom is 0.291 e. The Morgan fingerprint density at radius 3 is 2.68 bits per heavy atom. The lowest BCUT2D eigenvalue weighted by Gasteiger charge is -2.38. The number of hydrogen-bond acceptors (Lipinski definition) is 6. The number of likely N-dealkylation sites (N-methyl/N-ethyl adjacent to an activating group) is 1. The molecular weight excluding hydrogens is 410 g/mol. The molecule has 6 nitrogen and oxygen atoms in total. The van der Waals surface area contributed by atoms with Gasteiger partial charge in [0.15, 0.2) is 5.76 Å². The van der Waals surface area contributed by atoms with Crippen molar-refractivity contribution in [2.24, 2.45) is 0 Å². The van der Waals surface area contributed by atoms with Gasteiger partial charge in [-0.05, 0) is 49.4 Å². The van der Waals surface area contributed by atoms with Gasteiger partial charge in [0.05, 0.1) is 19.4 Å². The molecule has 1 unspecified atom stereocenters. The lowest BCUT2D eigenvalue weighted by atomic mass is 9.97. The number of carbonyl (C=O) groups is 1. The molecule has 1 amide bonds. The van der Waals surface area contributed by atoms with Gasteiger partial charge in [-0.15, -0.1) is 11.3 Å². The summed E-state index contributed by atoms with van der Waals surface area (Å²) in [4.78, 5) is 18.9. The number of ether oxygens (including phenoxy) is 1. The molecule has 31 heavy (non-hydrogen) atoms. The average molecular weight is 440 g/mol. The number of piperazine rings is 1. The molecule has 3 heterocycles. The molecule has 0 aliphatic carbocycles. The van der Waals surface area contributed by atoms with Gasteiger partial charge < -0.3 is 19.4 Å². The van der Waals surface area contributed by atoms with Crippen LogP contribution in [0.1, 0.15) is 39.5 Å². The number of benzene rings is 1. The van der Waals surface area contributed by atoms with Gasteiger partial charge in [0.1, 0.15) is 10.8 Å². The molecule has 0 saturated carbocycles. The number of thiophene rings is 1. The second-order valence-electron chi connectivity index (χ2n) is 7.80. The lowest BCUT2D eigenvalue weighted by molar-refractivity contribution is 0.0996. The van der Waals surface area contributed by atoms with Crippen LogP contribution in [0.5, 0.6) is 5.75 Å². The highest BCUT2D eigenvalue weighted by molar-refractivity contribution is 7.16. The van der Waals surface area contributed by atoms with E-state index in [9.17, 15) is 4.79 Å². The predicted octanol–water partition coefficient (Wildman–Crippen LogP) is 4.50.